The van der Waals surface area contributed by atoms with Crippen molar-refractivity contribution >= 4 is 31.9 Å². The van der Waals surface area contributed by atoms with Gasteiger partial charge < -0.3 is 10.1 Å². The van der Waals surface area contributed by atoms with Gasteiger partial charge in [0.15, 0.2) is 0 Å². The van der Waals surface area contributed by atoms with Crippen LogP contribution in [0, 0.1) is 5.41 Å². The van der Waals surface area contributed by atoms with Crippen LogP contribution in [0.15, 0.2) is 21.1 Å². The fourth-order valence-electron chi connectivity index (χ4n) is 2.69. The summed E-state index contributed by atoms with van der Waals surface area (Å²) in [6.45, 7) is 7.00. The van der Waals surface area contributed by atoms with E-state index in [0.29, 0.717) is 12.0 Å². The van der Waals surface area contributed by atoms with Gasteiger partial charge in [-0.15, -0.1) is 0 Å². The van der Waals surface area contributed by atoms with E-state index in [1.165, 1.54) is 31.2 Å². The SMILES string of the molecule is CCCC1(CNCc2cc(Br)c(OCC)c(Br)c2)CC1. The first-order chi connectivity index (χ1) is 9.60. The predicted octanol–water partition coefficient (Wildman–Crippen LogP) is 5.28. The number of hydrogen-bond donors (Lipinski definition) is 1. The molecule has 0 amide bonds. The Morgan fingerprint density at radius 1 is 1.20 bits per heavy atom. The molecule has 1 saturated carbocycles. The van der Waals surface area contributed by atoms with E-state index in [4.69, 9.17) is 4.74 Å². The maximum absolute atomic E-state index is 5.61. The third-order valence-electron chi connectivity index (χ3n) is 3.91. The van der Waals surface area contributed by atoms with Crippen LogP contribution in [-0.2, 0) is 6.54 Å². The largest absolute Gasteiger partial charge is 0.492 e. The minimum atomic E-state index is 0.606. The van der Waals surface area contributed by atoms with Gasteiger partial charge in [-0.2, -0.15) is 0 Å². The molecule has 0 radical (unpaired) electrons. The van der Waals surface area contributed by atoms with Crippen LogP contribution in [0.1, 0.15) is 45.1 Å². The number of ether oxygens (including phenoxy) is 1. The second-order valence-electron chi connectivity index (χ2n) is 5.68. The average Bonchev–Trinajstić information content (AvgIpc) is 3.14. The molecule has 0 saturated heterocycles. The number of halogens is 2. The number of benzene rings is 1. The molecule has 1 aromatic carbocycles. The molecule has 1 aliphatic carbocycles. The fourth-order valence-corrected chi connectivity index (χ4v) is 4.20. The van der Waals surface area contributed by atoms with Crippen LogP contribution in [0.25, 0.3) is 0 Å². The highest BCUT2D eigenvalue weighted by Gasteiger charge is 2.40. The molecule has 0 aliphatic heterocycles. The summed E-state index contributed by atoms with van der Waals surface area (Å²) in [5.41, 5.74) is 1.88. The van der Waals surface area contributed by atoms with Gasteiger partial charge in [0, 0.05) is 13.1 Å². The molecule has 2 rings (SSSR count). The van der Waals surface area contributed by atoms with Crippen LogP contribution in [-0.4, -0.2) is 13.2 Å². The van der Waals surface area contributed by atoms with E-state index < -0.39 is 0 Å². The Bertz CT molecular complexity index is 435. The molecular weight excluding hydrogens is 382 g/mol. The molecule has 2 nitrogen and oxygen atoms in total. The van der Waals surface area contributed by atoms with E-state index in [1.807, 2.05) is 6.92 Å². The van der Waals surface area contributed by atoms with Gasteiger partial charge in [0.25, 0.3) is 0 Å². The van der Waals surface area contributed by atoms with Crippen molar-refractivity contribution in [3.8, 4) is 5.75 Å². The lowest BCUT2D eigenvalue weighted by molar-refractivity contribution is 0.336. The van der Waals surface area contributed by atoms with E-state index in [1.54, 1.807) is 0 Å². The van der Waals surface area contributed by atoms with Crippen molar-refractivity contribution in [3.63, 3.8) is 0 Å². The Hall–Kier alpha value is -0.0600. The molecule has 1 aromatic rings. The first-order valence-corrected chi connectivity index (χ1v) is 9.00. The van der Waals surface area contributed by atoms with Gasteiger partial charge in [0.05, 0.1) is 15.6 Å². The van der Waals surface area contributed by atoms with Crippen molar-refractivity contribution < 1.29 is 4.74 Å². The standard InChI is InChI=1S/C16H23Br2NO/c1-3-5-16(6-7-16)11-19-10-12-8-13(17)15(20-4-2)14(18)9-12/h8-9,19H,3-7,10-11H2,1-2H3. The third kappa shape index (κ3) is 4.22. The van der Waals surface area contributed by atoms with Gasteiger partial charge in [0.1, 0.15) is 5.75 Å². The zero-order valence-corrected chi connectivity index (χ0v) is 15.4. The summed E-state index contributed by atoms with van der Waals surface area (Å²) in [7, 11) is 0. The Balaban J connectivity index is 1.90. The molecule has 1 N–H and O–H groups in total. The second kappa shape index (κ2) is 7.28. The summed E-state index contributed by atoms with van der Waals surface area (Å²) in [4.78, 5) is 0. The molecule has 0 bridgehead atoms. The second-order valence-corrected chi connectivity index (χ2v) is 7.38. The molecule has 0 heterocycles. The molecule has 1 aliphatic rings. The molecule has 20 heavy (non-hydrogen) atoms. The summed E-state index contributed by atoms with van der Waals surface area (Å²) in [5, 5.41) is 3.61. The lowest BCUT2D eigenvalue weighted by Gasteiger charge is -2.16. The summed E-state index contributed by atoms with van der Waals surface area (Å²) in [5.74, 6) is 0.890. The van der Waals surface area contributed by atoms with Crippen LogP contribution < -0.4 is 10.1 Å². The predicted molar refractivity (Wildman–Crippen MR) is 91.3 cm³/mol. The van der Waals surface area contributed by atoms with E-state index in [-0.39, 0.29) is 0 Å². The highest BCUT2D eigenvalue weighted by atomic mass is 79.9. The van der Waals surface area contributed by atoms with Crippen LogP contribution in [0.5, 0.6) is 5.75 Å². The van der Waals surface area contributed by atoms with Gasteiger partial charge in [-0.05, 0) is 81.2 Å². The number of nitrogens with one attached hydrogen (secondary N) is 1. The highest BCUT2D eigenvalue weighted by Crippen LogP contribution is 2.49. The first-order valence-electron chi connectivity index (χ1n) is 7.41. The molecule has 1 fully saturated rings. The molecule has 0 spiro atoms. The number of rotatable bonds is 8. The smallest absolute Gasteiger partial charge is 0.147 e. The summed E-state index contributed by atoms with van der Waals surface area (Å²) < 4.78 is 7.64. The zero-order valence-electron chi connectivity index (χ0n) is 12.3. The Morgan fingerprint density at radius 3 is 2.35 bits per heavy atom. The van der Waals surface area contributed by atoms with Crippen LogP contribution in [0.4, 0.5) is 0 Å². The van der Waals surface area contributed by atoms with Crippen molar-refractivity contribution in [1.82, 2.24) is 5.32 Å². The van der Waals surface area contributed by atoms with Gasteiger partial charge in [-0.1, -0.05) is 13.3 Å². The minimum absolute atomic E-state index is 0.606. The molecule has 0 aromatic heterocycles. The molecule has 112 valence electrons. The van der Waals surface area contributed by atoms with Crippen LogP contribution in [0.3, 0.4) is 0 Å². The summed E-state index contributed by atoms with van der Waals surface area (Å²) in [6.07, 6.45) is 5.44. The summed E-state index contributed by atoms with van der Waals surface area (Å²) >= 11 is 7.17. The van der Waals surface area contributed by atoms with Gasteiger partial charge in [0.2, 0.25) is 0 Å². The monoisotopic (exact) mass is 403 g/mol. The van der Waals surface area contributed by atoms with Crippen molar-refractivity contribution in [1.29, 1.82) is 0 Å². The van der Waals surface area contributed by atoms with E-state index in [2.05, 4.69) is 56.2 Å². The van der Waals surface area contributed by atoms with Gasteiger partial charge in [-0.3, -0.25) is 0 Å². The lowest BCUT2D eigenvalue weighted by atomic mass is 10.0. The van der Waals surface area contributed by atoms with Crippen LogP contribution in [0.2, 0.25) is 0 Å². The Labute approximate surface area is 138 Å². The van der Waals surface area contributed by atoms with Crippen molar-refractivity contribution in [2.75, 3.05) is 13.2 Å². The molecule has 0 unspecified atom stereocenters. The average molecular weight is 405 g/mol. The maximum atomic E-state index is 5.61. The normalized spacial score (nSPS) is 16.2. The maximum Gasteiger partial charge on any atom is 0.147 e. The lowest BCUT2D eigenvalue weighted by Crippen LogP contribution is -2.23. The van der Waals surface area contributed by atoms with Gasteiger partial charge in [-0.25, -0.2) is 0 Å². The molecular formula is C16H23Br2NO. The number of hydrogen-bond acceptors (Lipinski definition) is 2. The zero-order chi connectivity index (χ0) is 14.6. The van der Waals surface area contributed by atoms with E-state index in [9.17, 15) is 0 Å². The molecule has 4 heteroatoms. The fraction of sp³-hybridized carbons (Fsp3) is 0.625. The molecule has 0 atom stereocenters. The highest BCUT2D eigenvalue weighted by molar-refractivity contribution is 9.11. The minimum Gasteiger partial charge on any atom is -0.492 e. The topological polar surface area (TPSA) is 21.3 Å². The van der Waals surface area contributed by atoms with E-state index in [0.717, 1.165) is 27.8 Å². The van der Waals surface area contributed by atoms with Crippen LogP contribution >= 0.6 is 31.9 Å². The third-order valence-corrected chi connectivity index (χ3v) is 5.09. The van der Waals surface area contributed by atoms with Gasteiger partial charge >= 0.3 is 0 Å². The first kappa shape index (κ1) is 16.3. The Morgan fingerprint density at radius 2 is 1.85 bits per heavy atom. The Kier molecular flexibility index (Phi) is 5.94. The quantitative estimate of drug-likeness (QED) is 0.636. The van der Waals surface area contributed by atoms with Crippen molar-refractivity contribution in [2.45, 2.75) is 46.1 Å². The van der Waals surface area contributed by atoms with Crippen molar-refractivity contribution in [2.24, 2.45) is 5.41 Å². The summed E-state index contributed by atoms with van der Waals surface area (Å²) in [6, 6.07) is 4.28. The van der Waals surface area contributed by atoms with E-state index >= 15 is 0 Å². The van der Waals surface area contributed by atoms with Crippen molar-refractivity contribution in [3.05, 3.63) is 26.6 Å².